The van der Waals surface area contributed by atoms with Crippen LogP contribution in [0.1, 0.15) is 28.3 Å². The number of nitrogens with zero attached hydrogens (tertiary/aromatic N) is 3. The number of nitrogens with two attached hydrogens (primary N) is 1. The molecular weight excluding hydrogens is 312 g/mol. The Hall–Kier alpha value is -1.02. The maximum absolute atomic E-state index is 12.5. The molecule has 1 amide bonds. The van der Waals surface area contributed by atoms with Crippen LogP contribution in [0.3, 0.4) is 0 Å². The van der Waals surface area contributed by atoms with Crippen molar-refractivity contribution in [1.82, 2.24) is 14.8 Å². The van der Waals surface area contributed by atoms with Gasteiger partial charge in [-0.3, -0.25) is 9.69 Å². The minimum absolute atomic E-state index is 0.0781. The summed E-state index contributed by atoms with van der Waals surface area (Å²) in [6.45, 7) is 7.20. The highest BCUT2D eigenvalue weighted by molar-refractivity contribution is 7.09. The number of likely N-dealkylation sites (tertiary alicyclic amines) is 1. The zero-order valence-corrected chi connectivity index (χ0v) is 14.4. The first kappa shape index (κ1) is 16.8. The van der Waals surface area contributed by atoms with E-state index in [0.717, 1.165) is 70.2 Å². The molecule has 0 atom stereocenters. The highest BCUT2D eigenvalue weighted by Gasteiger charge is 2.26. The molecule has 0 aromatic carbocycles. The molecule has 0 radical (unpaired) electrons. The Kier molecular flexibility index (Phi) is 5.99. The average Bonchev–Trinajstić information content (AvgIpc) is 3.05. The predicted molar refractivity (Wildman–Crippen MR) is 90.8 cm³/mol. The molecule has 0 aliphatic carbocycles. The number of ether oxygens (including phenoxy) is 1. The molecule has 1 aromatic rings. The number of thiazole rings is 1. The van der Waals surface area contributed by atoms with Gasteiger partial charge in [0.2, 0.25) is 0 Å². The normalized spacial score (nSPS) is 20.8. The van der Waals surface area contributed by atoms with Crippen molar-refractivity contribution >= 4 is 17.2 Å². The fourth-order valence-corrected chi connectivity index (χ4v) is 4.06. The van der Waals surface area contributed by atoms with Crippen LogP contribution >= 0.6 is 11.3 Å². The fourth-order valence-electron chi connectivity index (χ4n) is 3.28. The summed E-state index contributed by atoms with van der Waals surface area (Å²) in [6.07, 6.45) is 2.92. The largest absolute Gasteiger partial charge is 0.379 e. The van der Waals surface area contributed by atoms with E-state index in [1.807, 2.05) is 10.3 Å². The molecule has 0 bridgehead atoms. The van der Waals surface area contributed by atoms with E-state index < -0.39 is 0 Å². The molecule has 7 heteroatoms. The van der Waals surface area contributed by atoms with E-state index in [1.54, 1.807) is 0 Å². The number of carbonyl (C=O) groups is 1. The molecule has 2 fully saturated rings. The summed E-state index contributed by atoms with van der Waals surface area (Å²) < 4.78 is 5.40. The molecule has 6 nitrogen and oxygen atoms in total. The van der Waals surface area contributed by atoms with Gasteiger partial charge in [-0.05, 0) is 25.3 Å². The van der Waals surface area contributed by atoms with Gasteiger partial charge in [-0.1, -0.05) is 0 Å². The van der Waals surface area contributed by atoms with Gasteiger partial charge in [0, 0.05) is 44.5 Å². The second kappa shape index (κ2) is 8.19. The number of carbonyl (C=O) groups excluding carboxylic acids is 1. The van der Waals surface area contributed by atoms with Crippen LogP contribution in [-0.4, -0.2) is 73.2 Å². The molecule has 2 aliphatic rings. The van der Waals surface area contributed by atoms with Gasteiger partial charge < -0.3 is 15.4 Å². The Morgan fingerprint density at radius 1 is 1.30 bits per heavy atom. The van der Waals surface area contributed by atoms with Gasteiger partial charge in [-0.25, -0.2) is 4.98 Å². The van der Waals surface area contributed by atoms with Crippen molar-refractivity contribution in [3.05, 3.63) is 16.1 Å². The van der Waals surface area contributed by atoms with Gasteiger partial charge in [0.15, 0.2) is 0 Å². The molecule has 23 heavy (non-hydrogen) atoms. The van der Waals surface area contributed by atoms with E-state index in [0.29, 0.717) is 18.2 Å². The number of rotatable bonds is 5. The van der Waals surface area contributed by atoms with Crippen LogP contribution in [0.15, 0.2) is 5.38 Å². The predicted octanol–water partition coefficient (Wildman–Crippen LogP) is 0.829. The van der Waals surface area contributed by atoms with E-state index in [4.69, 9.17) is 10.5 Å². The SMILES string of the molecule is NCCc1nc(C(=O)N2CCC(CN3CCOCC3)CC2)cs1. The van der Waals surface area contributed by atoms with Gasteiger partial charge in [-0.2, -0.15) is 0 Å². The van der Waals surface area contributed by atoms with Crippen molar-refractivity contribution in [2.75, 3.05) is 52.5 Å². The number of hydrogen-bond acceptors (Lipinski definition) is 6. The second-order valence-electron chi connectivity index (χ2n) is 6.31. The summed E-state index contributed by atoms with van der Waals surface area (Å²) in [4.78, 5) is 21.4. The number of piperidine rings is 1. The Labute approximate surface area is 141 Å². The van der Waals surface area contributed by atoms with E-state index in [1.165, 1.54) is 11.3 Å². The van der Waals surface area contributed by atoms with Crippen molar-refractivity contribution in [3.63, 3.8) is 0 Å². The first-order chi connectivity index (χ1) is 11.3. The number of morpholine rings is 1. The van der Waals surface area contributed by atoms with Crippen LogP contribution in [0.4, 0.5) is 0 Å². The number of amides is 1. The lowest BCUT2D eigenvalue weighted by molar-refractivity contribution is 0.0242. The third-order valence-corrected chi connectivity index (χ3v) is 5.56. The zero-order valence-electron chi connectivity index (χ0n) is 13.6. The Bertz CT molecular complexity index is 508. The smallest absolute Gasteiger partial charge is 0.273 e. The van der Waals surface area contributed by atoms with Crippen molar-refractivity contribution in [2.45, 2.75) is 19.3 Å². The van der Waals surface area contributed by atoms with Crippen molar-refractivity contribution in [3.8, 4) is 0 Å². The summed E-state index contributed by atoms with van der Waals surface area (Å²) in [5.74, 6) is 0.773. The topological polar surface area (TPSA) is 71.7 Å². The summed E-state index contributed by atoms with van der Waals surface area (Å²) >= 11 is 1.53. The summed E-state index contributed by atoms with van der Waals surface area (Å²) in [5, 5.41) is 2.82. The lowest BCUT2D eigenvalue weighted by Gasteiger charge is -2.35. The molecule has 128 valence electrons. The average molecular weight is 338 g/mol. The lowest BCUT2D eigenvalue weighted by Crippen LogP contribution is -2.44. The first-order valence-electron chi connectivity index (χ1n) is 8.50. The van der Waals surface area contributed by atoms with E-state index in [-0.39, 0.29) is 5.91 Å². The molecule has 3 rings (SSSR count). The van der Waals surface area contributed by atoms with Gasteiger partial charge in [0.05, 0.1) is 18.2 Å². The summed E-state index contributed by atoms with van der Waals surface area (Å²) in [6, 6.07) is 0. The van der Waals surface area contributed by atoms with Crippen molar-refractivity contribution < 1.29 is 9.53 Å². The highest BCUT2D eigenvalue weighted by atomic mass is 32.1. The third-order valence-electron chi connectivity index (χ3n) is 4.65. The standard InChI is InChI=1S/C16H26N4O2S/c17-4-1-15-18-14(12-23-15)16(21)20-5-2-13(3-6-20)11-19-7-9-22-10-8-19/h12-13H,1-11,17H2. The van der Waals surface area contributed by atoms with E-state index in [2.05, 4.69) is 9.88 Å². The summed E-state index contributed by atoms with van der Waals surface area (Å²) in [5.41, 5.74) is 6.13. The van der Waals surface area contributed by atoms with Crippen LogP contribution in [0.5, 0.6) is 0 Å². The highest BCUT2D eigenvalue weighted by Crippen LogP contribution is 2.21. The molecular formula is C16H26N4O2S. The minimum atomic E-state index is 0.0781. The molecule has 2 saturated heterocycles. The molecule has 1 aromatic heterocycles. The zero-order chi connectivity index (χ0) is 16.1. The van der Waals surface area contributed by atoms with Crippen molar-refractivity contribution in [2.24, 2.45) is 11.7 Å². The molecule has 2 N–H and O–H groups in total. The molecule has 3 heterocycles. The Balaban J connectivity index is 1.46. The van der Waals surface area contributed by atoms with Gasteiger partial charge in [0.1, 0.15) is 5.69 Å². The number of aromatic nitrogens is 1. The molecule has 2 aliphatic heterocycles. The maximum atomic E-state index is 12.5. The van der Waals surface area contributed by atoms with Gasteiger partial charge in [-0.15, -0.1) is 11.3 Å². The monoisotopic (exact) mass is 338 g/mol. The number of hydrogen-bond donors (Lipinski definition) is 1. The molecule has 0 saturated carbocycles. The van der Waals surface area contributed by atoms with Crippen LogP contribution in [0.2, 0.25) is 0 Å². The van der Waals surface area contributed by atoms with Crippen LogP contribution in [-0.2, 0) is 11.2 Å². The van der Waals surface area contributed by atoms with Crippen molar-refractivity contribution in [1.29, 1.82) is 0 Å². The summed E-state index contributed by atoms with van der Waals surface area (Å²) in [7, 11) is 0. The van der Waals surface area contributed by atoms with Crippen LogP contribution in [0.25, 0.3) is 0 Å². The first-order valence-corrected chi connectivity index (χ1v) is 9.38. The third kappa shape index (κ3) is 4.50. The lowest BCUT2D eigenvalue weighted by atomic mass is 9.96. The Morgan fingerprint density at radius 3 is 2.74 bits per heavy atom. The Morgan fingerprint density at radius 2 is 2.04 bits per heavy atom. The quantitative estimate of drug-likeness (QED) is 0.861. The van der Waals surface area contributed by atoms with Crippen LogP contribution in [0, 0.1) is 5.92 Å². The van der Waals surface area contributed by atoms with Gasteiger partial charge in [0.25, 0.3) is 5.91 Å². The second-order valence-corrected chi connectivity index (χ2v) is 7.26. The van der Waals surface area contributed by atoms with E-state index >= 15 is 0 Å². The van der Waals surface area contributed by atoms with Crippen LogP contribution < -0.4 is 5.73 Å². The maximum Gasteiger partial charge on any atom is 0.273 e. The van der Waals surface area contributed by atoms with Gasteiger partial charge >= 0.3 is 0 Å². The molecule has 0 unspecified atom stereocenters. The minimum Gasteiger partial charge on any atom is -0.379 e. The fraction of sp³-hybridized carbons (Fsp3) is 0.750. The van der Waals surface area contributed by atoms with E-state index in [9.17, 15) is 4.79 Å². The molecule has 0 spiro atoms.